The van der Waals surface area contributed by atoms with E-state index in [9.17, 15) is 18.0 Å². The van der Waals surface area contributed by atoms with Crippen molar-refractivity contribution < 1.29 is 22.7 Å². The molecule has 1 aliphatic heterocycles. The van der Waals surface area contributed by atoms with Gasteiger partial charge in [0.15, 0.2) is 5.54 Å². The highest BCUT2D eigenvalue weighted by Gasteiger charge is 2.54. The van der Waals surface area contributed by atoms with Crippen molar-refractivity contribution in [3.63, 3.8) is 0 Å². The van der Waals surface area contributed by atoms with Gasteiger partial charge < -0.3 is 15.8 Å². The molecule has 100 valence electrons. The van der Waals surface area contributed by atoms with Crippen LogP contribution in [-0.4, -0.2) is 36.9 Å². The number of nitrogens with one attached hydrogen (secondary N) is 1. The minimum Gasteiger partial charge on any atom is -0.381 e. The monoisotopic (exact) mass is 254 g/mol. The van der Waals surface area contributed by atoms with Gasteiger partial charge in [-0.15, -0.1) is 0 Å². The number of amides is 1. The molecule has 17 heavy (non-hydrogen) atoms. The standard InChI is InChI=1S/C10H17F3N2O2/c1-6(7-3-4-17-5-7)15-8(16)9(2,14)10(11,12)13/h6-7H,3-5,14H2,1-2H3,(H,15,16). The average molecular weight is 254 g/mol. The summed E-state index contributed by atoms with van der Waals surface area (Å²) in [5, 5.41) is 2.30. The van der Waals surface area contributed by atoms with Crippen molar-refractivity contribution >= 4 is 5.91 Å². The molecule has 4 nitrogen and oxygen atoms in total. The summed E-state index contributed by atoms with van der Waals surface area (Å²) in [5.41, 5.74) is 2.16. The molecule has 0 spiro atoms. The molecule has 0 saturated carbocycles. The van der Waals surface area contributed by atoms with E-state index in [2.05, 4.69) is 5.32 Å². The van der Waals surface area contributed by atoms with Crippen LogP contribution in [-0.2, 0) is 9.53 Å². The topological polar surface area (TPSA) is 64.4 Å². The minimum atomic E-state index is -4.76. The predicted molar refractivity (Wildman–Crippen MR) is 55.2 cm³/mol. The summed E-state index contributed by atoms with van der Waals surface area (Å²) in [5.74, 6) is -1.16. The molecule has 1 saturated heterocycles. The van der Waals surface area contributed by atoms with Gasteiger partial charge in [0.25, 0.3) is 0 Å². The molecule has 3 N–H and O–H groups in total. The summed E-state index contributed by atoms with van der Waals surface area (Å²) in [6, 6.07) is -0.379. The van der Waals surface area contributed by atoms with Crippen molar-refractivity contribution in [3.8, 4) is 0 Å². The third kappa shape index (κ3) is 3.10. The molecule has 1 fully saturated rings. The van der Waals surface area contributed by atoms with E-state index in [1.54, 1.807) is 6.92 Å². The van der Waals surface area contributed by atoms with Crippen LogP contribution in [0.1, 0.15) is 20.3 Å². The fraction of sp³-hybridized carbons (Fsp3) is 0.900. The van der Waals surface area contributed by atoms with Crippen LogP contribution in [0.25, 0.3) is 0 Å². The average Bonchev–Trinajstić information content (AvgIpc) is 2.68. The van der Waals surface area contributed by atoms with Crippen molar-refractivity contribution in [2.45, 2.75) is 38.0 Å². The molecule has 3 atom stereocenters. The molecule has 1 aliphatic rings. The predicted octanol–water partition coefficient (Wildman–Crippen LogP) is 0.807. The summed E-state index contributed by atoms with van der Waals surface area (Å²) in [4.78, 5) is 11.5. The highest BCUT2D eigenvalue weighted by molar-refractivity contribution is 5.86. The van der Waals surface area contributed by atoms with E-state index < -0.39 is 17.6 Å². The van der Waals surface area contributed by atoms with Crippen LogP contribution in [0.15, 0.2) is 0 Å². The van der Waals surface area contributed by atoms with Gasteiger partial charge in [-0.3, -0.25) is 4.79 Å². The van der Waals surface area contributed by atoms with Gasteiger partial charge in [-0.05, 0) is 20.3 Å². The fourth-order valence-electron chi connectivity index (χ4n) is 1.55. The Balaban J connectivity index is 2.59. The number of ether oxygens (including phenoxy) is 1. The summed E-state index contributed by atoms with van der Waals surface area (Å²) < 4.78 is 42.6. The smallest absolute Gasteiger partial charge is 0.381 e. The molecule has 3 unspecified atom stereocenters. The lowest BCUT2D eigenvalue weighted by Gasteiger charge is -2.29. The Kier molecular flexibility index (Phi) is 4.03. The summed E-state index contributed by atoms with van der Waals surface area (Å²) in [6.45, 7) is 3.35. The van der Waals surface area contributed by atoms with Gasteiger partial charge in [0.1, 0.15) is 0 Å². The van der Waals surface area contributed by atoms with E-state index in [0.29, 0.717) is 20.1 Å². The molecule has 0 aromatic heterocycles. The molecule has 1 rings (SSSR count). The third-order valence-electron chi connectivity index (χ3n) is 3.09. The van der Waals surface area contributed by atoms with Crippen molar-refractivity contribution in [2.75, 3.05) is 13.2 Å². The molecular formula is C10H17F3N2O2. The second kappa shape index (κ2) is 4.81. The molecule has 0 radical (unpaired) electrons. The van der Waals surface area contributed by atoms with Gasteiger partial charge in [0.05, 0.1) is 6.61 Å². The van der Waals surface area contributed by atoms with E-state index in [1.165, 1.54) is 0 Å². The van der Waals surface area contributed by atoms with Crippen molar-refractivity contribution in [2.24, 2.45) is 11.7 Å². The van der Waals surface area contributed by atoms with Crippen LogP contribution in [0.2, 0.25) is 0 Å². The number of alkyl halides is 3. The second-order valence-electron chi connectivity index (χ2n) is 4.59. The summed E-state index contributed by atoms with van der Waals surface area (Å²) in [7, 11) is 0. The molecule has 0 aromatic carbocycles. The minimum absolute atomic E-state index is 0.0444. The van der Waals surface area contributed by atoms with Crippen molar-refractivity contribution in [1.82, 2.24) is 5.32 Å². The van der Waals surface area contributed by atoms with Gasteiger partial charge in [-0.2, -0.15) is 13.2 Å². The first kappa shape index (κ1) is 14.2. The molecule has 0 aromatic rings. The van der Waals surface area contributed by atoms with Crippen molar-refractivity contribution in [1.29, 1.82) is 0 Å². The largest absolute Gasteiger partial charge is 0.415 e. The Labute approximate surface area is 97.7 Å². The van der Waals surface area contributed by atoms with Crippen LogP contribution in [0.4, 0.5) is 13.2 Å². The highest BCUT2D eigenvalue weighted by atomic mass is 19.4. The molecule has 7 heteroatoms. The van der Waals surface area contributed by atoms with Crippen LogP contribution >= 0.6 is 0 Å². The molecule has 0 aliphatic carbocycles. The lowest BCUT2D eigenvalue weighted by atomic mass is 9.97. The molecule has 0 bridgehead atoms. The maximum atomic E-state index is 12.5. The van der Waals surface area contributed by atoms with Gasteiger partial charge in [0.2, 0.25) is 5.91 Å². The Hall–Kier alpha value is -0.820. The quantitative estimate of drug-likeness (QED) is 0.783. The molecular weight excluding hydrogens is 237 g/mol. The van der Waals surface area contributed by atoms with E-state index in [0.717, 1.165) is 6.42 Å². The van der Waals surface area contributed by atoms with E-state index in [-0.39, 0.29) is 12.0 Å². The Bertz CT molecular complexity index is 286. The SMILES string of the molecule is CC(NC(=O)C(C)(N)C(F)(F)F)C1CCOC1. The zero-order valence-electron chi connectivity index (χ0n) is 9.80. The van der Waals surface area contributed by atoms with E-state index >= 15 is 0 Å². The Morgan fingerprint density at radius 3 is 2.53 bits per heavy atom. The van der Waals surface area contributed by atoms with Crippen molar-refractivity contribution in [3.05, 3.63) is 0 Å². The van der Waals surface area contributed by atoms with Gasteiger partial charge in [-0.1, -0.05) is 0 Å². The third-order valence-corrected chi connectivity index (χ3v) is 3.09. The maximum Gasteiger partial charge on any atom is 0.415 e. The summed E-state index contributed by atoms with van der Waals surface area (Å²) in [6.07, 6.45) is -4.03. The van der Waals surface area contributed by atoms with Gasteiger partial charge in [0, 0.05) is 18.6 Å². The number of carbonyl (C=O) groups is 1. The normalized spacial score (nSPS) is 26.4. The summed E-state index contributed by atoms with van der Waals surface area (Å²) >= 11 is 0. The van der Waals surface area contributed by atoms with Crippen LogP contribution in [0.5, 0.6) is 0 Å². The van der Waals surface area contributed by atoms with Gasteiger partial charge >= 0.3 is 6.18 Å². The first-order valence-corrected chi connectivity index (χ1v) is 5.40. The van der Waals surface area contributed by atoms with Crippen LogP contribution in [0.3, 0.4) is 0 Å². The Morgan fingerprint density at radius 2 is 2.12 bits per heavy atom. The molecule has 1 heterocycles. The second-order valence-corrected chi connectivity index (χ2v) is 4.59. The lowest BCUT2D eigenvalue weighted by molar-refractivity contribution is -0.187. The number of hydrogen-bond donors (Lipinski definition) is 2. The molecule has 1 amide bonds. The van der Waals surface area contributed by atoms with Crippen LogP contribution < -0.4 is 11.1 Å². The van der Waals surface area contributed by atoms with E-state index in [4.69, 9.17) is 10.5 Å². The fourth-order valence-corrected chi connectivity index (χ4v) is 1.55. The first-order chi connectivity index (χ1) is 7.66. The number of hydrogen-bond acceptors (Lipinski definition) is 3. The zero-order valence-corrected chi connectivity index (χ0v) is 9.80. The Morgan fingerprint density at radius 1 is 1.53 bits per heavy atom. The van der Waals surface area contributed by atoms with E-state index in [1.807, 2.05) is 0 Å². The zero-order chi connectivity index (χ0) is 13.3. The number of nitrogens with two attached hydrogens (primary N) is 1. The number of carbonyl (C=O) groups excluding carboxylic acids is 1. The lowest BCUT2D eigenvalue weighted by Crippen LogP contribution is -2.63. The first-order valence-electron chi connectivity index (χ1n) is 5.40. The number of rotatable bonds is 3. The number of halogens is 3. The van der Waals surface area contributed by atoms with Gasteiger partial charge in [-0.25, -0.2) is 0 Å². The van der Waals surface area contributed by atoms with Crippen LogP contribution in [0, 0.1) is 5.92 Å². The highest BCUT2D eigenvalue weighted by Crippen LogP contribution is 2.28. The maximum absolute atomic E-state index is 12.5.